The van der Waals surface area contributed by atoms with Crippen LogP contribution in [0.15, 0.2) is 30.3 Å². The third-order valence-corrected chi connectivity index (χ3v) is 3.79. The zero-order valence-corrected chi connectivity index (χ0v) is 15.4. The Morgan fingerprint density at radius 3 is 2.41 bits per heavy atom. The maximum absolute atomic E-state index is 13.6. The number of methoxy groups -OCH3 is 2. The van der Waals surface area contributed by atoms with Crippen LogP contribution >= 0.6 is 11.6 Å². The van der Waals surface area contributed by atoms with Crippen molar-refractivity contribution in [3.8, 4) is 11.5 Å². The Kier molecular flexibility index (Phi) is 6.57. The van der Waals surface area contributed by atoms with Gasteiger partial charge in [0.1, 0.15) is 11.6 Å². The molecule has 2 aromatic carbocycles. The number of ether oxygens (including phenoxy) is 3. The minimum atomic E-state index is -1.26. The molecule has 0 saturated carbocycles. The number of esters is 1. The summed E-state index contributed by atoms with van der Waals surface area (Å²) in [4.78, 5) is 24.4. The van der Waals surface area contributed by atoms with E-state index in [1.807, 2.05) is 0 Å². The average molecular weight is 400 g/mol. The van der Waals surface area contributed by atoms with Crippen LogP contribution in [0.5, 0.6) is 11.5 Å². The zero-order valence-electron chi connectivity index (χ0n) is 14.6. The summed E-state index contributed by atoms with van der Waals surface area (Å²) in [6.07, 6.45) is -1.26. The summed E-state index contributed by atoms with van der Waals surface area (Å²) in [5, 5.41) is 2.34. The first kappa shape index (κ1) is 20.4. The highest BCUT2D eigenvalue weighted by atomic mass is 35.5. The van der Waals surface area contributed by atoms with Gasteiger partial charge in [0, 0.05) is 6.07 Å². The van der Waals surface area contributed by atoms with Crippen LogP contribution in [-0.4, -0.2) is 32.2 Å². The standard InChI is InChI=1S/C18H16ClF2NO5/c1-9(17(23)22-14-5-4-11(20)8-13(14)21)27-18(24)10-6-12(19)16(26-3)15(7-10)25-2/h4-9H,1-3H3,(H,22,23)/t9-/m1/s1. The van der Waals surface area contributed by atoms with Crippen molar-refractivity contribution in [3.63, 3.8) is 0 Å². The van der Waals surface area contributed by atoms with Crippen LogP contribution < -0.4 is 14.8 Å². The first-order chi connectivity index (χ1) is 12.8. The predicted octanol–water partition coefficient (Wildman–Crippen LogP) is 3.82. The van der Waals surface area contributed by atoms with Crippen molar-refractivity contribution in [2.45, 2.75) is 13.0 Å². The SMILES string of the molecule is COc1cc(C(=O)O[C@H](C)C(=O)Nc2ccc(F)cc2F)cc(Cl)c1OC. The number of anilines is 1. The summed E-state index contributed by atoms with van der Waals surface area (Å²) in [6.45, 7) is 1.30. The van der Waals surface area contributed by atoms with Gasteiger partial charge in [-0.1, -0.05) is 11.6 Å². The van der Waals surface area contributed by atoms with Gasteiger partial charge in [0.05, 0.1) is 30.5 Å². The third-order valence-electron chi connectivity index (χ3n) is 3.51. The normalized spacial score (nSPS) is 11.5. The van der Waals surface area contributed by atoms with Crippen LogP contribution in [0.4, 0.5) is 14.5 Å². The minimum absolute atomic E-state index is 0.0327. The van der Waals surface area contributed by atoms with Gasteiger partial charge in [-0.05, 0) is 31.2 Å². The summed E-state index contributed by atoms with van der Waals surface area (Å²) in [5.74, 6) is -2.92. The quantitative estimate of drug-likeness (QED) is 0.747. The number of amides is 1. The molecule has 27 heavy (non-hydrogen) atoms. The fourth-order valence-corrected chi connectivity index (χ4v) is 2.43. The van der Waals surface area contributed by atoms with E-state index in [-0.39, 0.29) is 27.8 Å². The predicted molar refractivity (Wildman–Crippen MR) is 94.4 cm³/mol. The maximum Gasteiger partial charge on any atom is 0.339 e. The molecule has 1 amide bonds. The molecule has 0 bridgehead atoms. The van der Waals surface area contributed by atoms with E-state index in [4.69, 9.17) is 25.8 Å². The van der Waals surface area contributed by atoms with Crippen molar-refractivity contribution in [1.82, 2.24) is 0 Å². The lowest BCUT2D eigenvalue weighted by atomic mass is 10.2. The van der Waals surface area contributed by atoms with Gasteiger partial charge in [0.2, 0.25) is 0 Å². The zero-order chi connectivity index (χ0) is 20.1. The second-order valence-corrected chi connectivity index (χ2v) is 5.76. The molecule has 0 radical (unpaired) electrons. The van der Waals surface area contributed by atoms with Gasteiger partial charge in [-0.25, -0.2) is 13.6 Å². The summed E-state index contributed by atoms with van der Waals surface area (Å²) in [5.41, 5.74) is -0.205. The maximum atomic E-state index is 13.6. The molecule has 2 rings (SSSR count). The van der Waals surface area contributed by atoms with Crippen molar-refractivity contribution in [2.24, 2.45) is 0 Å². The number of carbonyl (C=O) groups is 2. The van der Waals surface area contributed by atoms with E-state index >= 15 is 0 Å². The van der Waals surface area contributed by atoms with Crippen LogP contribution in [0, 0.1) is 11.6 Å². The molecule has 0 unspecified atom stereocenters. The Morgan fingerprint density at radius 2 is 1.81 bits per heavy atom. The van der Waals surface area contributed by atoms with Gasteiger partial charge in [-0.2, -0.15) is 0 Å². The van der Waals surface area contributed by atoms with Crippen LogP contribution in [0.1, 0.15) is 17.3 Å². The topological polar surface area (TPSA) is 73.9 Å². The van der Waals surface area contributed by atoms with Crippen molar-refractivity contribution in [3.05, 3.63) is 52.6 Å². The van der Waals surface area contributed by atoms with Crippen molar-refractivity contribution >= 4 is 29.2 Å². The monoisotopic (exact) mass is 399 g/mol. The Hall–Kier alpha value is -2.87. The molecular formula is C18H16ClF2NO5. The third kappa shape index (κ3) is 4.85. The van der Waals surface area contributed by atoms with Crippen LogP contribution in [-0.2, 0) is 9.53 Å². The van der Waals surface area contributed by atoms with Crippen molar-refractivity contribution < 1.29 is 32.6 Å². The van der Waals surface area contributed by atoms with E-state index in [1.54, 1.807) is 0 Å². The van der Waals surface area contributed by atoms with Gasteiger partial charge in [0.15, 0.2) is 17.6 Å². The summed E-state index contributed by atoms with van der Waals surface area (Å²) >= 11 is 6.03. The van der Waals surface area contributed by atoms with Gasteiger partial charge in [-0.15, -0.1) is 0 Å². The number of carbonyl (C=O) groups excluding carboxylic acids is 2. The molecule has 2 aromatic rings. The Balaban J connectivity index is 2.10. The second kappa shape index (κ2) is 8.68. The number of nitrogens with one attached hydrogen (secondary N) is 1. The molecule has 0 aromatic heterocycles. The van der Waals surface area contributed by atoms with Crippen LogP contribution in [0.2, 0.25) is 5.02 Å². The molecule has 0 aliphatic rings. The molecule has 6 nitrogen and oxygen atoms in total. The van der Waals surface area contributed by atoms with Crippen LogP contribution in [0.3, 0.4) is 0 Å². The molecular weight excluding hydrogens is 384 g/mol. The highest BCUT2D eigenvalue weighted by Gasteiger charge is 2.22. The summed E-state index contributed by atoms with van der Waals surface area (Å²) < 4.78 is 41.7. The van der Waals surface area contributed by atoms with E-state index in [0.29, 0.717) is 6.07 Å². The Morgan fingerprint density at radius 1 is 1.11 bits per heavy atom. The fraction of sp³-hybridized carbons (Fsp3) is 0.222. The molecule has 0 aliphatic carbocycles. The van der Waals surface area contributed by atoms with Crippen molar-refractivity contribution in [2.75, 3.05) is 19.5 Å². The Bertz CT molecular complexity index is 875. The molecule has 0 heterocycles. The lowest BCUT2D eigenvalue weighted by Crippen LogP contribution is -2.30. The first-order valence-electron chi connectivity index (χ1n) is 7.65. The smallest absolute Gasteiger partial charge is 0.339 e. The lowest BCUT2D eigenvalue weighted by molar-refractivity contribution is -0.123. The molecule has 1 N–H and O–H groups in total. The number of benzene rings is 2. The minimum Gasteiger partial charge on any atom is -0.493 e. The molecule has 1 atom stereocenters. The molecule has 0 spiro atoms. The molecule has 144 valence electrons. The number of hydrogen-bond donors (Lipinski definition) is 1. The second-order valence-electron chi connectivity index (χ2n) is 5.35. The molecule has 9 heteroatoms. The average Bonchev–Trinajstić information content (AvgIpc) is 2.62. The Labute approximate surface area is 159 Å². The molecule has 0 fully saturated rings. The van der Waals surface area contributed by atoms with E-state index in [2.05, 4.69) is 5.32 Å². The highest BCUT2D eigenvalue weighted by molar-refractivity contribution is 6.32. The van der Waals surface area contributed by atoms with E-state index < -0.39 is 29.6 Å². The lowest BCUT2D eigenvalue weighted by Gasteiger charge is -2.15. The van der Waals surface area contributed by atoms with E-state index in [0.717, 1.165) is 12.1 Å². The van der Waals surface area contributed by atoms with E-state index in [1.165, 1.54) is 33.3 Å². The van der Waals surface area contributed by atoms with Gasteiger partial charge >= 0.3 is 5.97 Å². The first-order valence-corrected chi connectivity index (χ1v) is 8.03. The van der Waals surface area contributed by atoms with Crippen molar-refractivity contribution in [1.29, 1.82) is 0 Å². The number of hydrogen-bond acceptors (Lipinski definition) is 5. The van der Waals surface area contributed by atoms with E-state index in [9.17, 15) is 18.4 Å². The number of rotatable bonds is 6. The van der Waals surface area contributed by atoms with Gasteiger partial charge in [-0.3, -0.25) is 4.79 Å². The number of halogens is 3. The summed E-state index contributed by atoms with van der Waals surface area (Å²) in [6, 6.07) is 5.32. The summed E-state index contributed by atoms with van der Waals surface area (Å²) in [7, 11) is 2.76. The highest BCUT2D eigenvalue weighted by Crippen LogP contribution is 2.36. The van der Waals surface area contributed by atoms with Crippen LogP contribution in [0.25, 0.3) is 0 Å². The van der Waals surface area contributed by atoms with Gasteiger partial charge < -0.3 is 19.5 Å². The largest absolute Gasteiger partial charge is 0.493 e. The molecule has 0 aliphatic heterocycles. The fourth-order valence-electron chi connectivity index (χ4n) is 2.14. The molecule has 0 saturated heterocycles. The van der Waals surface area contributed by atoms with Gasteiger partial charge in [0.25, 0.3) is 5.91 Å².